The maximum absolute atomic E-state index is 12.1. The maximum Gasteiger partial charge on any atom is 0.322 e. The Hall–Kier alpha value is -4.57. The van der Waals surface area contributed by atoms with Crippen molar-refractivity contribution in [3.05, 3.63) is 77.9 Å². The Morgan fingerprint density at radius 3 is 2.45 bits per heavy atom. The van der Waals surface area contributed by atoms with Crippen LogP contribution in [-0.4, -0.2) is 57.4 Å². The maximum atomic E-state index is 12.1. The first-order chi connectivity index (χ1) is 18.6. The van der Waals surface area contributed by atoms with Gasteiger partial charge in [-0.3, -0.25) is 9.59 Å². The second-order valence-corrected chi connectivity index (χ2v) is 8.96. The van der Waals surface area contributed by atoms with E-state index in [1.807, 2.05) is 30.3 Å². The number of carbonyl (C=O) groups excluding carboxylic acids is 2. The van der Waals surface area contributed by atoms with Crippen LogP contribution in [-0.2, 0) is 32.2 Å². The fourth-order valence-electron chi connectivity index (χ4n) is 4.64. The van der Waals surface area contributed by atoms with E-state index in [-0.39, 0.29) is 12.4 Å². The molecule has 1 atom stereocenters. The Bertz CT molecular complexity index is 1560. The van der Waals surface area contributed by atoms with Crippen LogP contribution in [0.3, 0.4) is 0 Å². The summed E-state index contributed by atoms with van der Waals surface area (Å²) in [4.78, 5) is 23.6. The molecular formula is C28H28N6O4. The van der Waals surface area contributed by atoms with E-state index < -0.39 is 12.0 Å². The lowest BCUT2D eigenvalue weighted by Gasteiger charge is -2.16. The molecule has 5 rings (SSSR count). The highest BCUT2D eigenvalue weighted by Gasteiger charge is 2.20. The minimum absolute atomic E-state index is 0.136. The van der Waals surface area contributed by atoms with Crippen LogP contribution in [0.1, 0.15) is 24.0 Å². The number of ether oxygens (including phenoxy) is 2. The zero-order chi connectivity index (χ0) is 26.5. The van der Waals surface area contributed by atoms with Crippen molar-refractivity contribution in [3.8, 4) is 11.4 Å². The van der Waals surface area contributed by atoms with Crippen LogP contribution in [0.5, 0.6) is 0 Å². The van der Waals surface area contributed by atoms with Crippen LogP contribution >= 0.6 is 0 Å². The molecule has 0 fully saturated rings. The standard InChI is InChI=1S/C28H28N6O4/c1-37-26(35)14-12-23(28(36)38-2)29-16-18-7-9-19(10-8-18)17-34-24-6-4-3-5-21(24)22-15-20(11-13-25(22)34)27-30-32-33-31-27/h3-11,13,15,23,29H,12,14,16-17H2,1-2H3,(H,30,31,32,33). The Balaban J connectivity index is 1.34. The SMILES string of the molecule is COC(=O)CCC(NCc1ccc(Cn2c3ccccc3c3cc(-c4nn[nH]n4)ccc32)cc1)C(=O)OC. The van der Waals surface area contributed by atoms with Crippen LogP contribution in [0, 0.1) is 0 Å². The van der Waals surface area contributed by atoms with E-state index >= 15 is 0 Å². The molecule has 2 aromatic heterocycles. The normalized spacial score (nSPS) is 12.1. The predicted molar refractivity (Wildman–Crippen MR) is 142 cm³/mol. The van der Waals surface area contributed by atoms with E-state index in [1.54, 1.807) is 0 Å². The first kappa shape index (κ1) is 25.1. The van der Waals surface area contributed by atoms with Crippen LogP contribution in [0.15, 0.2) is 66.7 Å². The largest absolute Gasteiger partial charge is 0.469 e. The smallest absolute Gasteiger partial charge is 0.322 e. The predicted octanol–water partition coefficient (Wildman–Crippen LogP) is 3.61. The van der Waals surface area contributed by atoms with Gasteiger partial charge >= 0.3 is 11.9 Å². The number of nitrogens with zero attached hydrogens (tertiary/aromatic N) is 4. The summed E-state index contributed by atoms with van der Waals surface area (Å²) >= 11 is 0. The molecule has 0 saturated heterocycles. The third-order valence-electron chi connectivity index (χ3n) is 6.64. The number of hydrogen-bond acceptors (Lipinski definition) is 8. The number of tetrazole rings is 1. The van der Waals surface area contributed by atoms with Gasteiger partial charge in [-0.1, -0.05) is 42.5 Å². The fourth-order valence-corrected chi connectivity index (χ4v) is 4.64. The lowest BCUT2D eigenvalue weighted by Crippen LogP contribution is -2.37. The Kier molecular flexibility index (Phi) is 7.41. The van der Waals surface area contributed by atoms with Crippen molar-refractivity contribution in [1.29, 1.82) is 0 Å². The molecule has 0 spiro atoms. The van der Waals surface area contributed by atoms with Crippen LogP contribution in [0.4, 0.5) is 0 Å². The second-order valence-electron chi connectivity index (χ2n) is 8.96. The minimum atomic E-state index is -0.589. The summed E-state index contributed by atoms with van der Waals surface area (Å²) in [7, 11) is 2.67. The van der Waals surface area contributed by atoms with Gasteiger partial charge in [-0.05, 0) is 47.0 Å². The number of carbonyl (C=O) groups is 2. The summed E-state index contributed by atoms with van der Waals surface area (Å²) in [5, 5.41) is 19.9. The summed E-state index contributed by atoms with van der Waals surface area (Å²) in [6.07, 6.45) is 0.442. The van der Waals surface area contributed by atoms with E-state index in [1.165, 1.54) is 14.2 Å². The summed E-state index contributed by atoms with van der Waals surface area (Å²) in [6, 6.07) is 22.2. The number of fused-ring (bicyclic) bond motifs is 3. The van der Waals surface area contributed by atoms with Crippen molar-refractivity contribution >= 4 is 33.7 Å². The van der Waals surface area contributed by atoms with E-state index in [4.69, 9.17) is 4.74 Å². The highest BCUT2D eigenvalue weighted by Crippen LogP contribution is 2.32. The molecule has 5 aromatic rings. The van der Waals surface area contributed by atoms with Crippen molar-refractivity contribution in [2.75, 3.05) is 14.2 Å². The quantitative estimate of drug-likeness (QED) is 0.272. The molecule has 194 valence electrons. The molecule has 0 amide bonds. The highest BCUT2D eigenvalue weighted by atomic mass is 16.5. The first-order valence-electron chi connectivity index (χ1n) is 12.3. The molecule has 0 radical (unpaired) electrons. The lowest BCUT2D eigenvalue weighted by molar-refractivity contribution is -0.144. The second kappa shape index (κ2) is 11.2. The van der Waals surface area contributed by atoms with Crippen molar-refractivity contribution in [2.45, 2.75) is 32.0 Å². The lowest BCUT2D eigenvalue weighted by atomic mass is 10.1. The third-order valence-corrected chi connectivity index (χ3v) is 6.64. The van der Waals surface area contributed by atoms with Crippen LogP contribution in [0.25, 0.3) is 33.2 Å². The van der Waals surface area contributed by atoms with Crippen molar-refractivity contribution in [3.63, 3.8) is 0 Å². The number of nitrogens with one attached hydrogen (secondary N) is 2. The van der Waals surface area contributed by atoms with Gasteiger partial charge in [0, 0.05) is 46.9 Å². The topological polar surface area (TPSA) is 124 Å². The van der Waals surface area contributed by atoms with Crippen molar-refractivity contribution in [2.24, 2.45) is 0 Å². The number of benzene rings is 3. The fraction of sp³-hybridized carbons (Fsp3) is 0.250. The molecule has 10 nitrogen and oxygen atoms in total. The molecule has 38 heavy (non-hydrogen) atoms. The number of para-hydroxylation sites is 1. The van der Waals surface area contributed by atoms with Gasteiger partial charge in [-0.2, -0.15) is 5.21 Å². The van der Waals surface area contributed by atoms with Gasteiger partial charge in [0.15, 0.2) is 0 Å². The highest BCUT2D eigenvalue weighted by molar-refractivity contribution is 6.09. The Labute approximate surface area is 218 Å². The summed E-state index contributed by atoms with van der Waals surface area (Å²) in [5.74, 6) is -0.201. The van der Waals surface area contributed by atoms with E-state index in [0.29, 0.717) is 25.3 Å². The van der Waals surface area contributed by atoms with E-state index in [0.717, 1.165) is 38.5 Å². The van der Waals surface area contributed by atoms with Gasteiger partial charge in [0.2, 0.25) is 5.82 Å². The van der Waals surface area contributed by atoms with Gasteiger partial charge < -0.3 is 19.4 Å². The third kappa shape index (κ3) is 5.25. The molecule has 3 aromatic carbocycles. The number of esters is 2. The van der Waals surface area contributed by atoms with Gasteiger partial charge in [0.05, 0.1) is 14.2 Å². The molecule has 0 aliphatic carbocycles. The van der Waals surface area contributed by atoms with E-state index in [2.05, 4.69) is 71.6 Å². The molecule has 2 heterocycles. The van der Waals surface area contributed by atoms with Crippen LogP contribution < -0.4 is 5.32 Å². The molecule has 10 heteroatoms. The number of H-pyrrole nitrogens is 1. The van der Waals surface area contributed by atoms with Crippen molar-refractivity contribution < 1.29 is 19.1 Å². The number of aromatic amines is 1. The average Bonchev–Trinajstić information content (AvgIpc) is 3.60. The van der Waals surface area contributed by atoms with E-state index in [9.17, 15) is 9.59 Å². The van der Waals surface area contributed by atoms with Crippen molar-refractivity contribution in [1.82, 2.24) is 30.5 Å². The first-order valence-corrected chi connectivity index (χ1v) is 12.3. The number of hydrogen-bond donors (Lipinski definition) is 2. The van der Waals surface area contributed by atoms with Crippen LogP contribution in [0.2, 0.25) is 0 Å². The molecule has 0 bridgehead atoms. The Morgan fingerprint density at radius 2 is 1.71 bits per heavy atom. The molecule has 0 aliphatic heterocycles. The molecule has 0 saturated carbocycles. The molecule has 1 unspecified atom stereocenters. The summed E-state index contributed by atoms with van der Waals surface area (Å²) in [6.45, 7) is 1.17. The average molecular weight is 513 g/mol. The molecule has 0 aliphatic rings. The van der Waals surface area contributed by atoms with Gasteiger partial charge in [-0.25, -0.2) is 0 Å². The summed E-state index contributed by atoms with van der Waals surface area (Å²) in [5.41, 5.74) is 5.34. The number of aromatic nitrogens is 5. The zero-order valence-electron chi connectivity index (χ0n) is 21.2. The monoisotopic (exact) mass is 512 g/mol. The van der Waals surface area contributed by atoms with Gasteiger partial charge in [-0.15, -0.1) is 10.2 Å². The summed E-state index contributed by atoms with van der Waals surface area (Å²) < 4.78 is 11.9. The Morgan fingerprint density at radius 1 is 0.947 bits per heavy atom. The number of rotatable bonds is 10. The molecule has 2 N–H and O–H groups in total. The zero-order valence-corrected chi connectivity index (χ0v) is 21.2. The van der Waals surface area contributed by atoms with Gasteiger partial charge in [0.1, 0.15) is 6.04 Å². The minimum Gasteiger partial charge on any atom is -0.469 e. The number of methoxy groups -OCH3 is 2. The molecular weight excluding hydrogens is 484 g/mol. The van der Waals surface area contributed by atoms with Gasteiger partial charge in [0.25, 0.3) is 0 Å².